The molecule has 3 atom stereocenters. The number of amides is 2. The fourth-order valence-electron chi connectivity index (χ4n) is 3.44. The van der Waals surface area contributed by atoms with Gasteiger partial charge in [0, 0.05) is 30.4 Å². The molecule has 2 fully saturated rings. The standard InChI is InChI=1S/C19H27N3O4/c23-12-17-16(22-19(25)14-6-9-20-10-7-14)5-4-15(26-17)8-11-21-18(24)13-2-1-3-13/h6-7,9-10,13,15-17,23H,1-5,8,11-12H2,(H,21,24)(H,22,25)/t15-,16-,17+/m1/s1. The van der Waals surface area contributed by atoms with Crippen LogP contribution < -0.4 is 10.6 Å². The maximum atomic E-state index is 12.3. The molecule has 26 heavy (non-hydrogen) atoms. The first kappa shape index (κ1) is 18.8. The van der Waals surface area contributed by atoms with Crippen LogP contribution in [0.5, 0.6) is 0 Å². The van der Waals surface area contributed by atoms with Gasteiger partial charge in [0.1, 0.15) is 6.10 Å². The minimum Gasteiger partial charge on any atom is -0.394 e. The van der Waals surface area contributed by atoms with Crippen LogP contribution in [0, 0.1) is 5.92 Å². The number of aromatic nitrogens is 1. The molecule has 3 N–H and O–H groups in total. The van der Waals surface area contributed by atoms with Crippen molar-refractivity contribution < 1.29 is 19.4 Å². The van der Waals surface area contributed by atoms with Gasteiger partial charge in [0.15, 0.2) is 0 Å². The van der Waals surface area contributed by atoms with Gasteiger partial charge in [-0.05, 0) is 44.2 Å². The Balaban J connectivity index is 1.43. The van der Waals surface area contributed by atoms with Crippen LogP contribution in [0.15, 0.2) is 24.5 Å². The molecule has 1 aromatic rings. The van der Waals surface area contributed by atoms with Crippen LogP contribution in [0.1, 0.15) is 48.9 Å². The fourth-order valence-corrected chi connectivity index (χ4v) is 3.44. The molecule has 0 unspecified atom stereocenters. The minimum atomic E-state index is -0.429. The number of pyridine rings is 1. The van der Waals surface area contributed by atoms with Gasteiger partial charge in [-0.2, -0.15) is 0 Å². The molecule has 7 heteroatoms. The summed E-state index contributed by atoms with van der Waals surface area (Å²) < 4.78 is 5.94. The molecule has 2 heterocycles. The molecule has 0 spiro atoms. The summed E-state index contributed by atoms with van der Waals surface area (Å²) >= 11 is 0. The monoisotopic (exact) mass is 361 g/mol. The lowest BCUT2D eigenvalue weighted by Gasteiger charge is -2.36. The predicted octanol–water partition coefficient (Wildman–Crippen LogP) is 1.03. The summed E-state index contributed by atoms with van der Waals surface area (Å²) in [7, 11) is 0. The van der Waals surface area contributed by atoms with Crippen molar-refractivity contribution in [3.63, 3.8) is 0 Å². The van der Waals surface area contributed by atoms with Crippen LogP contribution in [-0.4, -0.2) is 53.3 Å². The second-order valence-electron chi connectivity index (χ2n) is 7.08. The maximum absolute atomic E-state index is 12.3. The van der Waals surface area contributed by atoms with Crippen molar-refractivity contribution in [2.45, 2.75) is 56.8 Å². The zero-order valence-electron chi connectivity index (χ0n) is 14.9. The van der Waals surface area contributed by atoms with E-state index in [9.17, 15) is 14.7 Å². The van der Waals surface area contributed by atoms with E-state index in [2.05, 4.69) is 15.6 Å². The van der Waals surface area contributed by atoms with Gasteiger partial charge >= 0.3 is 0 Å². The van der Waals surface area contributed by atoms with Crippen molar-refractivity contribution in [3.05, 3.63) is 30.1 Å². The van der Waals surface area contributed by atoms with E-state index in [1.54, 1.807) is 24.5 Å². The fraction of sp³-hybridized carbons (Fsp3) is 0.632. The predicted molar refractivity (Wildman–Crippen MR) is 95.4 cm³/mol. The smallest absolute Gasteiger partial charge is 0.251 e. The van der Waals surface area contributed by atoms with Crippen LogP contribution >= 0.6 is 0 Å². The summed E-state index contributed by atoms with van der Waals surface area (Å²) in [6.45, 7) is 0.443. The average Bonchev–Trinajstić information content (AvgIpc) is 2.62. The summed E-state index contributed by atoms with van der Waals surface area (Å²) in [6.07, 6.45) is 8.10. The van der Waals surface area contributed by atoms with Crippen LogP contribution in [0.25, 0.3) is 0 Å². The quantitative estimate of drug-likeness (QED) is 0.673. The van der Waals surface area contributed by atoms with Crippen molar-refractivity contribution in [3.8, 4) is 0 Å². The van der Waals surface area contributed by atoms with Crippen LogP contribution in [-0.2, 0) is 9.53 Å². The molecule has 1 aliphatic heterocycles. The molecule has 2 aliphatic rings. The summed E-state index contributed by atoms with van der Waals surface area (Å²) in [5.74, 6) is 0.152. The third kappa shape index (κ3) is 4.80. The molecular formula is C19H27N3O4. The Kier molecular flexibility index (Phi) is 6.57. The summed E-state index contributed by atoms with van der Waals surface area (Å²) in [5, 5.41) is 15.5. The molecule has 142 valence electrons. The number of hydrogen-bond acceptors (Lipinski definition) is 5. The minimum absolute atomic E-state index is 0.0112. The van der Waals surface area contributed by atoms with Crippen molar-refractivity contribution >= 4 is 11.8 Å². The van der Waals surface area contributed by atoms with Gasteiger partial charge in [-0.1, -0.05) is 6.42 Å². The highest BCUT2D eigenvalue weighted by Crippen LogP contribution is 2.26. The molecule has 1 saturated heterocycles. The highest BCUT2D eigenvalue weighted by Gasteiger charge is 2.32. The second-order valence-corrected chi connectivity index (χ2v) is 7.08. The van der Waals surface area contributed by atoms with Crippen LogP contribution in [0.3, 0.4) is 0 Å². The third-order valence-electron chi connectivity index (χ3n) is 5.30. The van der Waals surface area contributed by atoms with Gasteiger partial charge in [0.05, 0.1) is 18.8 Å². The van der Waals surface area contributed by atoms with E-state index >= 15 is 0 Å². The molecule has 2 amide bonds. The van der Waals surface area contributed by atoms with Gasteiger partial charge in [0.25, 0.3) is 5.91 Å². The van der Waals surface area contributed by atoms with Crippen molar-refractivity contribution in [1.82, 2.24) is 15.6 Å². The number of nitrogens with one attached hydrogen (secondary N) is 2. The van der Waals surface area contributed by atoms with Crippen LogP contribution in [0.4, 0.5) is 0 Å². The number of aliphatic hydroxyl groups excluding tert-OH is 1. The van der Waals surface area contributed by atoms with E-state index in [0.717, 1.165) is 38.5 Å². The second kappa shape index (κ2) is 9.09. The lowest BCUT2D eigenvalue weighted by atomic mass is 9.85. The van der Waals surface area contributed by atoms with E-state index in [1.165, 1.54) is 0 Å². The number of aliphatic hydroxyl groups is 1. The molecular weight excluding hydrogens is 334 g/mol. The Morgan fingerprint density at radius 3 is 2.62 bits per heavy atom. The Hall–Kier alpha value is -1.99. The first-order valence-electron chi connectivity index (χ1n) is 9.42. The Morgan fingerprint density at radius 2 is 1.96 bits per heavy atom. The SMILES string of the molecule is O=C(N[C@@H]1CC[C@H](CCNC(=O)C2CCC2)O[C@H]1CO)c1ccncc1. The number of nitrogens with zero attached hydrogens (tertiary/aromatic N) is 1. The Bertz CT molecular complexity index is 606. The van der Waals surface area contributed by atoms with Crippen molar-refractivity contribution in [2.24, 2.45) is 5.92 Å². The average molecular weight is 361 g/mol. The normalized spacial score (nSPS) is 26.0. The van der Waals surface area contributed by atoms with Gasteiger partial charge in [-0.15, -0.1) is 0 Å². The molecule has 7 nitrogen and oxygen atoms in total. The highest BCUT2D eigenvalue weighted by molar-refractivity contribution is 5.94. The van der Waals surface area contributed by atoms with Gasteiger partial charge in [-0.3, -0.25) is 14.6 Å². The summed E-state index contributed by atoms with van der Waals surface area (Å²) in [5.41, 5.74) is 0.539. The number of carbonyl (C=O) groups is 2. The Labute approximate surface area is 153 Å². The zero-order chi connectivity index (χ0) is 18.4. The number of carbonyl (C=O) groups excluding carboxylic acids is 2. The number of hydrogen-bond donors (Lipinski definition) is 3. The van der Waals surface area contributed by atoms with E-state index in [1.807, 2.05) is 0 Å². The van der Waals surface area contributed by atoms with E-state index in [4.69, 9.17) is 4.74 Å². The first-order chi connectivity index (χ1) is 12.7. The third-order valence-corrected chi connectivity index (χ3v) is 5.30. The molecule has 1 aromatic heterocycles. The summed E-state index contributed by atoms with van der Waals surface area (Å²) in [6, 6.07) is 3.09. The van der Waals surface area contributed by atoms with Gasteiger partial charge in [0.2, 0.25) is 5.91 Å². The highest BCUT2D eigenvalue weighted by atomic mass is 16.5. The van der Waals surface area contributed by atoms with E-state index < -0.39 is 6.10 Å². The summed E-state index contributed by atoms with van der Waals surface area (Å²) in [4.78, 5) is 28.0. The topological polar surface area (TPSA) is 101 Å². The van der Waals surface area contributed by atoms with Crippen LogP contribution in [0.2, 0.25) is 0 Å². The lowest BCUT2D eigenvalue weighted by Crippen LogP contribution is -2.51. The van der Waals surface area contributed by atoms with Gasteiger partial charge in [-0.25, -0.2) is 0 Å². The van der Waals surface area contributed by atoms with Gasteiger partial charge < -0.3 is 20.5 Å². The van der Waals surface area contributed by atoms with E-state index in [-0.39, 0.29) is 36.5 Å². The number of ether oxygens (including phenoxy) is 1. The van der Waals surface area contributed by atoms with Crippen molar-refractivity contribution in [1.29, 1.82) is 0 Å². The molecule has 1 aliphatic carbocycles. The molecule has 3 rings (SSSR count). The first-order valence-corrected chi connectivity index (χ1v) is 9.42. The lowest BCUT2D eigenvalue weighted by molar-refractivity contribution is -0.127. The molecule has 1 saturated carbocycles. The maximum Gasteiger partial charge on any atom is 0.251 e. The molecule has 0 bridgehead atoms. The molecule has 0 aromatic carbocycles. The zero-order valence-corrected chi connectivity index (χ0v) is 14.9. The largest absolute Gasteiger partial charge is 0.394 e. The Morgan fingerprint density at radius 1 is 1.19 bits per heavy atom. The molecule has 0 radical (unpaired) electrons. The number of rotatable bonds is 7. The van der Waals surface area contributed by atoms with E-state index in [0.29, 0.717) is 12.1 Å². The van der Waals surface area contributed by atoms with Crippen molar-refractivity contribution in [2.75, 3.05) is 13.2 Å².